The molecule has 0 spiro atoms. The number of benzene rings is 2. The lowest BCUT2D eigenvalue weighted by molar-refractivity contribution is -0.116. The van der Waals surface area contributed by atoms with Crippen molar-refractivity contribution >= 4 is 27.5 Å². The fourth-order valence-electron chi connectivity index (χ4n) is 4.91. The average molecular weight is 496 g/mol. The minimum absolute atomic E-state index is 0.0955. The summed E-state index contributed by atoms with van der Waals surface area (Å²) < 4.78 is 20.3. The fourth-order valence-corrected chi connectivity index (χ4v) is 5.29. The molecule has 0 saturated carbocycles. The number of dihydropyridines is 1. The molecule has 5 rings (SSSR count). The third kappa shape index (κ3) is 3.92. The van der Waals surface area contributed by atoms with Crippen molar-refractivity contribution in [1.29, 1.82) is 0 Å². The van der Waals surface area contributed by atoms with Gasteiger partial charge in [-0.2, -0.15) is 0 Å². The van der Waals surface area contributed by atoms with Crippen molar-refractivity contribution in [3.63, 3.8) is 0 Å². The highest BCUT2D eigenvalue weighted by molar-refractivity contribution is 9.10. The Balaban J connectivity index is 1.59. The van der Waals surface area contributed by atoms with Gasteiger partial charge < -0.3 is 10.1 Å². The highest BCUT2D eigenvalue weighted by Crippen LogP contribution is 2.48. The molecule has 2 aromatic carbocycles. The minimum atomic E-state index is -0.428. The van der Waals surface area contributed by atoms with E-state index >= 15 is 0 Å². The molecular formula is C26H23BrFNO3. The van der Waals surface area contributed by atoms with Gasteiger partial charge in [0.15, 0.2) is 11.6 Å². The molecule has 6 heteroatoms. The van der Waals surface area contributed by atoms with Crippen LogP contribution in [-0.4, -0.2) is 11.6 Å². The molecule has 3 aliphatic rings. The predicted octanol–water partition coefficient (Wildman–Crippen LogP) is 5.87. The molecule has 2 aliphatic carbocycles. The summed E-state index contributed by atoms with van der Waals surface area (Å²) >= 11 is 3.56. The number of hydrogen-bond donors (Lipinski definition) is 1. The summed E-state index contributed by atoms with van der Waals surface area (Å²) in [7, 11) is 0. The Morgan fingerprint density at radius 3 is 2.16 bits per heavy atom. The predicted molar refractivity (Wildman–Crippen MR) is 123 cm³/mol. The highest BCUT2D eigenvalue weighted by Gasteiger charge is 2.41. The fraction of sp³-hybridized carbons (Fsp3) is 0.308. The summed E-state index contributed by atoms with van der Waals surface area (Å²) in [5.74, 6) is 0.0945. The molecule has 0 amide bonds. The number of hydrogen-bond acceptors (Lipinski definition) is 4. The van der Waals surface area contributed by atoms with Crippen molar-refractivity contribution in [2.45, 2.75) is 51.0 Å². The topological polar surface area (TPSA) is 55.4 Å². The molecular weight excluding hydrogens is 473 g/mol. The van der Waals surface area contributed by atoms with E-state index in [0.29, 0.717) is 29.7 Å². The van der Waals surface area contributed by atoms with Crippen molar-refractivity contribution in [1.82, 2.24) is 5.32 Å². The van der Waals surface area contributed by atoms with Gasteiger partial charge in [0.2, 0.25) is 0 Å². The van der Waals surface area contributed by atoms with E-state index in [2.05, 4.69) is 21.2 Å². The third-order valence-electron chi connectivity index (χ3n) is 6.38. The number of carbonyl (C=O) groups excluding carboxylic acids is 2. The first-order chi connectivity index (χ1) is 15.5. The monoisotopic (exact) mass is 495 g/mol. The number of halogens is 2. The van der Waals surface area contributed by atoms with Gasteiger partial charge >= 0.3 is 0 Å². The molecule has 32 heavy (non-hydrogen) atoms. The van der Waals surface area contributed by atoms with Crippen LogP contribution < -0.4 is 10.1 Å². The summed E-state index contributed by atoms with van der Waals surface area (Å²) in [6, 6.07) is 11.9. The number of rotatable bonds is 4. The van der Waals surface area contributed by atoms with Gasteiger partial charge in [-0.15, -0.1) is 0 Å². The molecule has 1 heterocycles. The zero-order valence-electron chi connectivity index (χ0n) is 17.5. The van der Waals surface area contributed by atoms with Crippen molar-refractivity contribution in [3.8, 4) is 5.75 Å². The van der Waals surface area contributed by atoms with Crippen molar-refractivity contribution < 1.29 is 18.7 Å². The number of ether oxygens (including phenoxy) is 1. The molecule has 4 nitrogen and oxygen atoms in total. The van der Waals surface area contributed by atoms with Gasteiger partial charge in [0.25, 0.3) is 0 Å². The van der Waals surface area contributed by atoms with Gasteiger partial charge in [0.1, 0.15) is 18.2 Å². The average Bonchev–Trinajstić information content (AvgIpc) is 2.78. The zero-order chi connectivity index (χ0) is 22.2. The summed E-state index contributed by atoms with van der Waals surface area (Å²) in [6.07, 6.45) is 4.24. The maximum Gasteiger partial charge on any atom is 0.161 e. The molecule has 0 radical (unpaired) electrons. The number of nitrogens with one attached hydrogen (secondary N) is 1. The first kappa shape index (κ1) is 21.1. The first-order valence-corrected chi connectivity index (χ1v) is 11.8. The second-order valence-electron chi connectivity index (χ2n) is 8.49. The standard InChI is InChI=1S/C26H23BrFNO3/c27-16-9-12-23(32-14-15-7-10-17(28)11-8-15)18(13-16)24-25-19(3-1-5-21(25)30)29-20-4-2-6-22(31)26(20)24/h7-13,24,29H,1-6,14H2. The van der Waals surface area contributed by atoms with Crippen LogP contribution in [-0.2, 0) is 16.2 Å². The number of ketones is 2. The lowest BCUT2D eigenvalue weighted by atomic mass is 9.71. The Hall–Kier alpha value is -2.73. The molecule has 0 fully saturated rings. The van der Waals surface area contributed by atoms with Crippen LogP contribution in [0.3, 0.4) is 0 Å². The van der Waals surface area contributed by atoms with Crippen LogP contribution >= 0.6 is 15.9 Å². The van der Waals surface area contributed by atoms with Crippen LogP contribution in [0, 0.1) is 5.82 Å². The van der Waals surface area contributed by atoms with E-state index < -0.39 is 5.92 Å². The molecule has 0 unspecified atom stereocenters. The Kier molecular flexibility index (Phi) is 5.72. The number of allylic oxidation sites excluding steroid dienone is 4. The maximum absolute atomic E-state index is 13.3. The van der Waals surface area contributed by atoms with Crippen LogP contribution in [0.15, 0.2) is 69.5 Å². The zero-order valence-corrected chi connectivity index (χ0v) is 19.1. The van der Waals surface area contributed by atoms with Gasteiger partial charge in [-0.05, 0) is 61.6 Å². The quantitative estimate of drug-likeness (QED) is 0.576. The van der Waals surface area contributed by atoms with Gasteiger partial charge in [0, 0.05) is 51.3 Å². The molecule has 1 aliphatic heterocycles. The number of carbonyl (C=O) groups is 2. The van der Waals surface area contributed by atoms with E-state index in [1.807, 2.05) is 18.2 Å². The first-order valence-electron chi connectivity index (χ1n) is 11.0. The van der Waals surface area contributed by atoms with Crippen LogP contribution in [0.4, 0.5) is 4.39 Å². The van der Waals surface area contributed by atoms with Crippen LogP contribution in [0.2, 0.25) is 0 Å². The molecule has 0 bridgehead atoms. The molecule has 2 aromatic rings. The molecule has 1 N–H and O–H groups in total. The second kappa shape index (κ2) is 8.66. The second-order valence-corrected chi connectivity index (χ2v) is 9.41. The SMILES string of the molecule is O=C1CCCC2=C1C(c1cc(Br)ccc1OCc1ccc(F)cc1)C1=C(CCCC1=O)N2. The van der Waals surface area contributed by atoms with Crippen LogP contribution in [0.1, 0.15) is 55.6 Å². The summed E-state index contributed by atoms with van der Waals surface area (Å²) in [6.45, 7) is 0.263. The lowest BCUT2D eigenvalue weighted by Crippen LogP contribution is -2.36. The van der Waals surface area contributed by atoms with Gasteiger partial charge in [0.05, 0.1) is 0 Å². The van der Waals surface area contributed by atoms with Crippen molar-refractivity contribution in [2.24, 2.45) is 0 Å². The normalized spacial score (nSPS) is 18.9. The van der Waals surface area contributed by atoms with E-state index in [0.717, 1.165) is 52.7 Å². The lowest BCUT2D eigenvalue weighted by Gasteiger charge is -2.37. The maximum atomic E-state index is 13.3. The van der Waals surface area contributed by atoms with Gasteiger partial charge in [-0.25, -0.2) is 4.39 Å². The van der Waals surface area contributed by atoms with E-state index in [-0.39, 0.29) is 24.0 Å². The van der Waals surface area contributed by atoms with Crippen molar-refractivity contribution in [3.05, 3.63) is 86.4 Å². The van der Waals surface area contributed by atoms with E-state index in [4.69, 9.17) is 4.74 Å². The molecule has 0 aromatic heterocycles. The van der Waals surface area contributed by atoms with E-state index in [1.54, 1.807) is 12.1 Å². The Morgan fingerprint density at radius 1 is 0.906 bits per heavy atom. The van der Waals surface area contributed by atoms with E-state index in [1.165, 1.54) is 12.1 Å². The van der Waals surface area contributed by atoms with Crippen LogP contribution in [0.5, 0.6) is 5.75 Å². The highest BCUT2D eigenvalue weighted by atomic mass is 79.9. The third-order valence-corrected chi connectivity index (χ3v) is 6.88. The Bertz CT molecular complexity index is 1120. The Morgan fingerprint density at radius 2 is 1.53 bits per heavy atom. The van der Waals surface area contributed by atoms with E-state index in [9.17, 15) is 14.0 Å². The summed E-state index contributed by atoms with van der Waals surface area (Å²) in [5, 5.41) is 3.44. The largest absolute Gasteiger partial charge is 0.489 e. The molecule has 0 atom stereocenters. The molecule has 0 saturated heterocycles. The minimum Gasteiger partial charge on any atom is -0.489 e. The summed E-state index contributed by atoms with van der Waals surface area (Å²) in [4.78, 5) is 26.2. The van der Waals surface area contributed by atoms with Gasteiger partial charge in [-0.3, -0.25) is 9.59 Å². The van der Waals surface area contributed by atoms with Gasteiger partial charge in [-0.1, -0.05) is 28.1 Å². The van der Waals surface area contributed by atoms with Crippen LogP contribution in [0.25, 0.3) is 0 Å². The van der Waals surface area contributed by atoms with Crippen molar-refractivity contribution in [2.75, 3.05) is 0 Å². The summed E-state index contributed by atoms with van der Waals surface area (Å²) in [5.41, 5.74) is 4.96. The number of Topliss-reactive ketones (excluding diaryl/α,β-unsaturated/α-hetero) is 2. The molecule has 164 valence electrons. The smallest absolute Gasteiger partial charge is 0.161 e. The Labute approximate surface area is 194 Å².